The molecule has 4 aromatic rings. The molecule has 0 unspecified atom stereocenters. The molecule has 1 aromatic carbocycles. The zero-order valence-electron chi connectivity index (χ0n) is 20.4. The molecular formula is C22H22ClF3N10O2S. The first-order valence-corrected chi connectivity index (χ1v) is 13.9. The summed E-state index contributed by atoms with van der Waals surface area (Å²) in [6.45, 7) is 0.931. The van der Waals surface area contributed by atoms with Gasteiger partial charge in [-0.2, -0.15) is 18.0 Å². The monoisotopic (exact) mass is 582 g/mol. The second kappa shape index (κ2) is 10.5. The van der Waals surface area contributed by atoms with Gasteiger partial charge in [0.2, 0.25) is 16.0 Å². The molecule has 206 valence electrons. The Morgan fingerprint density at radius 2 is 1.95 bits per heavy atom. The second-order valence-corrected chi connectivity index (χ2v) is 11.3. The fourth-order valence-electron chi connectivity index (χ4n) is 4.23. The van der Waals surface area contributed by atoms with E-state index in [4.69, 9.17) is 11.6 Å². The number of hydrogen-bond acceptors (Lipinski definition) is 9. The topological polar surface area (TPSA) is 137 Å². The van der Waals surface area contributed by atoms with Crippen LogP contribution >= 0.6 is 11.6 Å². The van der Waals surface area contributed by atoms with Gasteiger partial charge in [-0.15, -0.1) is 10.2 Å². The van der Waals surface area contributed by atoms with Gasteiger partial charge < -0.3 is 9.88 Å². The number of nitrogens with zero attached hydrogens (tertiary/aromatic N) is 9. The zero-order valence-corrected chi connectivity index (χ0v) is 22.0. The van der Waals surface area contributed by atoms with Crippen molar-refractivity contribution in [1.29, 1.82) is 0 Å². The summed E-state index contributed by atoms with van der Waals surface area (Å²) >= 11 is 6.46. The molecule has 12 nitrogen and oxygen atoms in total. The van der Waals surface area contributed by atoms with Crippen LogP contribution in [0.3, 0.4) is 0 Å². The lowest BCUT2D eigenvalue weighted by Crippen LogP contribution is -2.42. The smallest absolute Gasteiger partial charge is 0.351 e. The summed E-state index contributed by atoms with van der Waals surface area (Å²) in [5, 5.41) is 14.8. The Kier molecular flexibility index (Phi) is 7.26. The first-order valence-electron chi connectivity index (χ1n) is 11.7. The van der Waals surface area contributed by atoms with Gasteiger partial charge in [0.25, 0.3) is 0 Å². The fraction of sp³-hybridized carbons (Fsp3) is 0.364. The van der Waals surface area contributed by atoms with Crippen molar-refractivity contribution >= 4 is 27.6 Å². The molecule has 3 aromatic heterocycles. The van der Waals surface area contributed by atoms with Gasteiger partial charge in [0.15, 0.2) is 6.33 Å². The third kappa shape index (κ3) is 6.17. The Morgan fingerprint density at radius 1 is 1.18 bits per heavy atom. The number of benzene rings is 1. The average molecular weight is 583 g/mol. The van der Waals surface area contributed by atoms with E-state index < -0.39 is 27.5 Å². The van der Waals surface area contributed by atoms with Crippen molar-refractivity contribution in [3.8, 4) is 17.1 Å². The number of alkyl halides is 3. The van der Waals surface area contributed by atoms with Crippen LogP contribution in [0.25, 0.3) is 17.1 Å². The molecule has 0 spiro atoms. The molecule has 0 amide bonds. The lowest BCUT2D eigenvalue weighted by molar-refractivity contribution is -0.137. The van der Waals surface area contributed by atoms with Gasteiger partial charge in [0.1, 0.15) is 23.3 Å². The van der Waals surface area contributed by atoms with Crippen LogP contribution < -0.4 is 5.32 Å². The predicted molar refractivity (Wildman–Crippen MR) is 135 cm³/mol. The van der Waals surface area contributed by atoms with Gasteiger partial charge in [-0.05, 0) is 35.8 Å². The lowest BCUT2D eigenvalue weighted by atomic mass is 10.1. The number of tetrazole rings is 1. The summed E-state index contributed by atoms with van der Waals surface area (Å²) < 4.78 is 67.9. The van der Waals surface area contributed by atoms with E-state index in [0.29, 0.717) is 43.2 Å². The molecule has 1 aliphatic rings. The largest absolute Gasteiger partial charge is 0.420 e. The number of piperidine rings is 1. The summed E-state index contributed by atoms with van der Waals surface area (Å²) in [6.07, 6.45) is 2.14. The number of imidazole rings is 1. The molecule has 0 aliphatic carbocycles. The second-order valence-electron chi connectivity index (χ2n) is 8.95. The van der Waals surface area contributed by atoms with E-state index in [1.165, 1.54) is 32.5 Å². The van der Waals surface area contributed by atoms with Crippen molar-refractivity contribution in [2.45, 2.75) is 31.6 Å². The van der Waals surface area contributed by atoms with E-state index in [2.05, 4.69) is 35.7 Å². The minimum Gasteiger partial charge on any atom is -0.351 e. The molecule has 1 aliphatic heterocycles. The van der Waals surface area contributed by atoms with Crippen molar-refractivity contribution < 1.29 is 21.6 Å². The third-order valence-electron chi connectivity index (χ3n) is 6.18. The van der Waals surface area contributed by atoms with E-state index in [1.807, 2.05) is 0 Å². The Hall–Kier alpha value is -3.63. The standard InChI is InChI=1S/C22H22ClF3N10O2S/c1-39(37,38)35-6-4-15(5-7-35)31-21-27-9-16(22(24,25)26)20(32-21)18-11-34(13-28-18)19-3-2-14(8-17(19)23)10-36-30-12-29-33-36/h2-3,8-9,11-13,15H,4-7,10H2,1H3,(H,27,31,32). The minimum atomic E-state index is -4.72. The molecule has 0 radical (unpaired) electrons. The molecule has 0 bridgehead atoms. The summed E-state index contributed by atoms with van der Waals surface area (Å²) in [5.74, 6) is -0.00513. The summed E-state index contributed by atoms with van der Waals surface area (Å²) in [5.41, 5.74) is -0.143. The maximum atomic E-state index is 13.8. The fourth-order valence-corrected chi connectivity index (χ4v) is 5.40. The lowest BCUT2D eigenvalue weighted by Gasteiger charge is -2.30. The highest BCUT2D eigenvalue weighted by molar-refractivity contribution is 7.88. The van der Waals surface area contributed by atoms with Crippen molar-refractivity contribution in [1.82, 2.24) is 44.0 Å². The van der Waals surface area contributed by atoms with Gasteiger partial charge >= 0.3 is 6.18 Å². The van der Waals surface area contributed by atoms with E-state index in [-0.39, 0.29) is 17.7 Å². The highest BCUT2D eigenvalue weighted by atomic mass is 35.5. The Morgan fingerprint density at radius 3 is 2.59 bits per heavy atom. The number of anilines is 1. The number of sulfonamides is 1. The van der Waals surface area contributed by atoms with E-state index >= 15 is 0 Å². The number of nitrogens with one attached hydrogen (secondary N) is 1. The third-order valence-corrected chi connectivity index (χ3v) is 7.79. The highest BCUT2D eigenvalue weighted by Crippen LogP contribution is 2.36. The van der Waals surface area contributed by atoms with Crippen LogP contribution in [-0.4, -0.2) is 77.8 Å². The number of aromatic nitrogens is 8. The van der Waals surface area contributed by atoms with Gasteiger partial charge in [-0.1, -0.05) is 17.7 Å². The minimum absolute atomic E-state index is 0.00513. The Bertz CT molecular complexity index is 1570. The van der Waals surface area contributed by atoms with Gasteiger partial charge in [0, 0.05) is 31.5 Å². The van der Waals surface area contributed by atoms with Gasteiger partial charge in [-0.25, -0.2) is 27.7 Å². The van der Waals surface area contributed by atoms with Crippen LogP contribution in [0.4, 0.5) is 19.1 Å². The average Bonchev–Trinajstić information content (AvgIpc) is 3.56. The van der Waals surface area contributed by atoms with Crippen LogP contribution in [0.15, 0.2) is 43.2 Å². The summed E-state index contributed by atoms with van der Waals surface area (Å²) in [7, 11) is -3.30. The van der Waals surface area contributed by atoms with Crippen LogP contribution in [0.2, 0.25) is 5.02 Å². The first-order chi connectivity index (χ1) is 18.5. The number of rotatable bonds is 7. The molecule has 5 rings (SSSR count). The molecule has 0 saturated carbocycles. The molecular weight excluding hydrogens is 561 g/mol. The molecule has 17 heteroatoms. The predicted octanol–water partition coefficient (Wildman–Crippen LogP) is 2.87. The van der Waals surface area contributed by atoms with Gasteiger partial charge in [0.05, 0.1) is 23.5 Å². The molecule has 4 heterocycles. The SMILES string of the molecule is CS(=O)(=O)N1CCC(Nc2ncc(C(F)(F)F)c(-c3cn(-c4ccc(Cn5ncnn5)cc4Cl)cn3)n2)CC1. The molecule has 1 saturated heterocycles. The van der Waals surface area contributed by atoms with Crippen LogP contribution in [0, 0.1) is 0 Å². The molecule has 1 fully saturated rings. The Balaban J connectivity index is 1.39. The molecule has 1 N–H and O–H groups in total. The van der Waals surface area contributed by atoms with Gasteiger partial charge in [-0.3, -0.25) is 0 Å². The molecule has 0 atom stereocenters. The number of halogens is 4. The molecule has 39 heavy (non-hydrogen) atoms. The van der Waals surface area contributed by atoms with Crippen LogP contribution in [0.5, 0.6) is 0 Å². The van der Waals surface area contributed by atoms with E-state index in [0.717, 1.165) is 18.0 Å². The normalized spacial score (nSPS) is 15.5. The maximum Gasteiger partial charge on any atom is 0.420 e. The number of hydrogen-bond donors (Lipinski definition) is 1. The Labute approximate surface area is 225 Å². The zero-order chi connectivity index (χ0) is 27.8. The summed E-state index contributed by atoms with van der Waals surface area (Å²) in [4.78, 5) is 13.6. The van der Waals surface area contributed by atoms with Crippen molar-refractivity contribution in [2.75, 3.05) is 24.7 Å². The highest BCUT2D eigenvalue weighted by Gasteiger charge is 2.36. The summed E-state index contributed by atoms with van der Waals surface area (Å²) in [6, 6.07) is 4.99. The van der Waals surface area contributed by atoms with E-state index in [1.54, 1.807) is 18.2 Å². The first kappa shape index (κ1) is 27.0. The van der Waals surface area contributed by atoms with Crippen molar-refractivity contribution in [3.05, 3.63) is 59.4 Å². The van der Waals surface area contributed by atoms with Crippen LogP contribution in [0.1, 0.15) is 24.0 Å². The quantitative estimate of drug-likeness (QED) is 0.349. The maximum absolute atomic E-state index is 13.8. The van der Waals surface area contributed by atoms with Crippen LogP contribution in [-0.2, 0) is 22.7 Å². The van der Waals surface area contributed by atoms with Crippen molar-refractivity contribution in [3.63, 3.8) is 0 Å². The van der Waals surface area contributed by atoms with Crippen molar-refractivity contribution in [2.24, 2.45) is 0 Å². The van der Waals surface area contributed by atoms with E-state index in [9.17, 15) is 21.6 Å².